The minimum Gasteiger partial charge on any atom is -0.504 e. The molecule has 1 aliphatic rings. The molecule has 0 saturated heterocycles. The third-order valence-corrected chi connectivity index (χ3v) is 6.82. The molecule has 0 aliphatic heterocycles. The van der Waals surface area contributed by atoms with Crippen LogP contribution in [0.25, 0.3) is 22.2 Å². The fourth-order valence-electron chi connectivity index (χ4n) is 4.57. The number of hydrogen-bond donors (Lipinski definition) is 2. The molecule has 2 N–H and O–H groups in total. The first kappa shape index (κ1) is 24.0. The van der Waals surface area contributed by atoms with Crippen molar-refractivity contribution in [3.63, 3.8) is 0 Å². The summed E-state index contributed by atoms with van der Waals surface area (Å²) in [7, 11) is 0. The molecule has 2 aromatic heterocycles. The second kappa shape index (κ2) is 9.06. The first-order valence-electron chi connectivity index (χ1n) is 11.7. The van der Waals surface area contributed by atoms with Crippen LogP contribution in [0.15, 0.2) is 45.6 Å². The zero-order valence-electron chi connectivity index (χ0n) is 20.0. The molecule has 184 valence electrons. The number of carbonyl (C=O) groups is 1. The molecule has 0 amide bonds. The Morgan fingerprint density at radius 2 is 1.97 bits per heavy atom. The molecule has 1 saturated carbocycles. The highest BCUT2D eigenvalue weighted by Gasteiger charge is 2.30. The lowest BCUT2D eigenvalue weighted by atomic mass is 9.99. The van der Waals surface area contributed by atoms with Gasteiger partial charge in [0.05, 0.1) is 28.4 Å². The highest BCUT2D eigenvalue weighted by Crippen LogP contribution is 2.43. The number of fused-ring (bicyclic) bond motifs is 1. The lowest BCUT2D eigenvalue weighted by Gasteiger charge is -2.21. The summed E-state index contributed by atoms with van der Waals surface area (Å²) in [5.41, 5.74) is 3.30. The largest absolute Gasteiger partial charge is 0.504 e. The number of phenolic OH excluding ortho intramolecular Hbond substituents is 1. The van der Waals surface area contributed by atoms with Gasteiger partial charge >= 0.3 is 0 Å². The Morgan fingerprint density at radius 3 is 2.67 bits per heavy atom. The molecular formula is C28H24ClFN2O4. The SMILES string of the molecule is Cc1cc(C(C)Nc2ccc(Cl)nc2-c2ccc(C=O)c(O)c2F)c2oc(C3CC3)c(C)c(=O)c2c1. The van der Waals surface area contributed by atoms with Crippen LogP contribution >= 0.6 is 11.6 Å². The van der Waals surface area contributed by atoms with Crippen molar-refractivity contribution < 1.29 is 18.7 Å². The Kier molecular flexibility index (Phi) is 6.04. The molecule has 2 heterocycles. The first-order valence-corrected chi connectivity index (χ1v) is 12.0. The van der Waals surface area contributed by atoms with Crippen molar-refractivity contribution in [1.29, 1.82) is 0 Å². The van der Waals surface area contributed by atoms with Crippen LogP contribution < -0.4 is 10.7 Å². The van der Waals surface area contributed by atoms with Crippen LogP contribution in [-0.4, -0.2) is 16.4 Å². The number of phenols is 1. The summed E-state index contributed by atoms with van der Waals surface area (Å²) in [6, 6.07) is 9.37. The van der Waals surface area contributed by atoms with E-state index in [9.17, 15) is 14.7 Å². The average Bonchev–Trinajstić information content (AvgIpc) is 3.69. The molecule has 1 atom stereocenters. The molecule has 36 heavy (non-hydrogen) atoms. The number of aromatic nitrogens is 1. The van der Waals surface area contributed by atoms with Crippen LogP contribution in [0, 0.1) is 19.7 Å². The van der Waals surface area contributed by atoms with Gasteiger partial charge in [-0.2, -0.15) is 0 Å². The number of nitrogens with zero attached hydrogens (tertiary/aromatic N) is 1. The maximum atomic E-state index is 15.0. The molecule has 1 aliphatic carbocycles. The number of pyridine rings is 1. The monoisotopic (exact) mass is 506 g/mol. The van der Waals surface area contributed by atoms with E-state index in [4.69, 9.17) is 16.0 Å². The van der Waals surface area contributed by atoms with Crippen molar-refractivity contribution in [3.8, 4) is 17.0 Å². The van der Waals surface area contributed by atoms with E-state index >= 15 is 4.39 Å². The van der Waals surface area contributed by atoms with Gasteiger partial charge in [-0.05, 0) is 69.5 Å². The van der Waals surface area contributed by atoms with Crippen LogP contribution in [0.2, 0.25) is 5.15 Å². The van der Waals surface area contributed by atoms with E-state index in [1.807, 2.05) is 32.9 Å². The highest BCUT2D eigenvalue weighted by atomic mass is 35.5. The normalized spacial score (nSPS) is 14.1. The topological polar surface area (TPSA) is 92.4 Å². The zero-order valence-corrected chi connectivity index (χ0v) is 20.7. The Balaban J connectivity index is 1.62. The summed E-state index contributed by atoms with van der Waals surface area (Å²) >= 11 is 6.13. The molecule has 1 fully saturated rings. The van der Waals surface area contributed by atoms with Crippen LogP contribution in [0.3, 0.4) is 0 Å². The van der Waals surface area contributed by atoms with Crippen LogP contribution in [-0.2, 0) is 0 Å². The maximum absolute atomic E-state index is 15.0. The molecule has 0 bridgehead atoms. The van der Waals surface area contributed by atoms with Gasteiger partial charge in [0.15, 0.2) is 23.3 Å². The number of benzene rings is 2. The highest BCUT2D eigenvalue weighted by molar-refractivity contribution is 6.29. The molecule has 4 aromatic rings. The summed E-state index contributed by atoms with van der Waals surface area (Å²) in [6.45, 7) is 5.64. The van der Waals surface area contributed by atoms with Gasteiger partial charge < -0.3 is 14.8 Å². The van der Waals surface area contributed by atoms with E-state index in [2.05, 4.69) is 10.3 Å². The number of anilines is 1. The molecule has 1 unspecified atom stereocenters. The molecule has 0 radical (unpaired) electrons. The van der Waals surface area contributed by atoms with Crippen molar-refractivity contribution in [2.24, 2.45) is 0 Å². The quantitative estimate of drug-likeness (QED) is 0.220. The fraction of sp³-hybridized carbons (Fsp3) is 0.250. The molecule has 5 rings (SSSR count). The van der Waals surface area contributed by atoms with Gasteiger partial charge in [-0.25, -0.2) is 9.37 Å². The summed E-state index contributed by atoms with van der Waals surface area (Å²) in [6.07, 6.45) is 2.39. The Morgan fingerprint density at radius 1 is 1.22 bits per heavy atom. The molecule has 2 aromatic carbocycles. The van der Waals surface area contributed by atoms with Gasteiger partial charge in [0.2, 0.25) is 0 Å². The predicted molar refractivity (Wildman–Crippen MR) is 138 cm³/mol. The Labute approximate surface area is 211 Å². The number of aryl methyl sites for hydroxylation is 1. The standard InChI is InChI=1S/C28H24ClFN2O4/c1-13-10-19(28-20(11-13)25(34)14(2)27(36-28)16-4-5-16)15(3)31-21-8-9-22(29)32-24(21)18-7-6-17(12-33)26(35)23(18)30/h6-12,15-16,31,35H,4-5H2,1-3H3. The average molecular weight is 507 g/mol. The summed E-state index contributed by atoms with van der Waals surface area (Å²) < 4.78 is 21.3. The van der Waals surface area contributed by atoms with Gasteiger partial charge in [0, 0.05) is 22.6 Å². The summed E-state index contributed by atoms with van der Waals surface area (Å²) in [5, 5.41) is 14.1. The summed E-state index contributed by atoms with van der Waals surface area (Å²) in [5.74, 6) is -0.706. The van der Waals surface area contributed by atoms with Crippen molar-refractivity contribution >= 4 is 34.5 Å². The van der Waals surface area contributed by atoms with Crippen molar-refractivity contribution in [2.75, 3.05) is 5.32 Å². The number of aromatic hydroxyl groups is 1. The number of hydrogen-bond acceptors (Lipinski definition) is 6. The van der Waals surface area contributed by atoms with E-state index < -0.39 is 11.6 Å². The lowest BCUT2D eigenvalue weighted by Crippen LogP contribution is -2.13. The van der Waals surface area contributed by atoms with E-state index in [0.29, 0.717) is 28.5 Å². The fourth-order valence-corrected chi connectivity index (χ4v) is 4.71. The number of halogens is 2. The molecule has 8 heteroatoms. The minimum absolute atomic E-state index is 0.0115. The predicted octanol–water partition coefficient (Wildman–Crippen LogP) is 6.83. The lowest BCUT2D eigenvalue weighted by molar-refractivity contribution is 0.112. The third-order valence-electron chi connectivity index (χ3n) is 6.61. The van der Waals surface area contributed by atoms with Gasteiger partial charge in [0.1, 0.15) is 16.5 Å². The summed E-state index contributed by atoms with van der Waals surface area (Å²) in [4.78, 5) is 28.6. The maximum Gasteiger partial charge on any atom is 0.195 e. The number of aldehydes is 1. The Bertz CT molecular complexity index is 1590. The van der Waals surface area contributed by atoms with Gasteiger partial charge in [0.25, 0.3) is 0 Å². The van der Waals surface area contributed by atoms with Crippen molar-refractivity contribution in [3.05, 3.63) is 85.6 Å². The first-order chi connectivity index (χ1) is 17.2. The van der Waals surface area contributed by atoms with E-state index in [-0.39, 0.29) is 39.4 Å². The minimum atomic E-state index is -0.971. The smallest absolute Gasteiger partial charge is 0.195 e. The van der Waals surface area contributed by atoms with Crippen molar-refractivity contribution in [2.45, 2.75) is 45.6 Å². The third kappa shape index (κ3) is 4.13. The van der Waals surface area contributed by atoms with Crippen LogP contribution in [0.5, 0.6) is 5.75 Å². The number of nitrogens with one attached hydrogen (secondary N) is 1. The van der Waals surface area contributed by atoms with Gasteiger partial charge in [-0.1, -0.05) is 17.7 Å². The number of carbonyl (C=O) groups excluding carboxylic acids is 1. The van der Waals surface area contributed by atoms with Crippen LogP contribution in [0.4, 0.5) is 10.1 Å². The van der Waals surface area contributed by atoms with Gasteiger partial charge in [-0.3, -0.25) is 9.59 Å². The Hall–Kier alpha value is -3.71. The van der Waals surface area contributed by atoms with E-state index in [1.54, 1.807) is 12.1 Å². The second-order valence-electron chi connectivity index (χ2n) is 9.30. The van der Waals surface area contributed by atoms with E-state index in [1.165, 1.54) is 12.1 Å². The number of rotatable bonds is 6. The molecule has 0 spiro atoms. The van der Waals surface area contributed by atoms with Crippen molar-refractivity contribution in [1.82, 2.24) is 4.98 Å². The molecule has 6 nitrogen and oxygen atoms in total. The van der Waals surface area contributed by atoms with E-state index in [0.717, 1.165) is 29.7 Å². The molecular weight excluding hydrogens is 483 g/mol. The van der Waals surface area contributed by atoms with Crippen LogP contribution in [0.1, 0.15) is 64.5 Å². The zero-order chi connectivity index (χ0) is 25.7. The van der Waals surface area contributed by atoms with Gasteiger partial charge in [-0.15, -0.1) is 0 Å². The second-order valence-corrected chi connectivity index (χ2v) is 9.69.